The van der Waals surface area contributed by atoms with E-state index in [1.54, 1.807) is 31.4 Å². The number of methoxy groups -OCH3 is 2. The summed E-state index contributed by atoms with van der Waals surface area (Å²) in [5.41, 5.74) is 5.66. The number of carbonyl (C=O) groups is 1. The zero-order valence-electron chi connectivity index (χ0n) is 23.0. The molecule has 1 unspecified atom stereocenters. The quantitative estimate of drug-likeness (QED) is 0.432. The highest BCUT2D eigenvalue weighted by molar-refractivity contribution is 6.04. The highest BCUT2D eigenvalue weighted by Crippen LogP contribution is 2.40. The minimum Gasteiger partial charge on any atom is -0.497 e. The third-order valence-electron chi connectivity index (χ3n) is 7.59. The topological polar surface area (TPSA) is 57.6 Å². The van der Waals surface area contributed by atoms with Gasteiger partial charge in [-0.1, -0.05) is 29.8 Å². The molecule has 0 spiro atoms. The van der Waals surface area contributed by atoms with Crippen LogP contribution in [0.3, 0.4) is 0 Å². The average Bonchev–Trinajstić information content (AvgIpc) is 3.40. The Morgan fingerprint density at radius 3 is 2.46 bits per heavy atom. The Kier molecular flexibility index (Phi) is 7.84. The maximum Gasteiger partial charge on any atom is 0.257 e. The number of halogens is 1. The van der Waals surface area contributed by atoms with Crippen molar-refractivity contribution in [1.82, 2.24) is 9.91 Å². The number of hydrazone groups is 1. The van der Waals surface area contributed by atoms with E-state index in [4.69, 9.17) is 14.6 Å². The molecular formula is C31H35FN4O3. The molecule has 0 aromatic heterocycles. The van der Waals surface area contributed by atoms with Crippen LogP contribution in [-0.2, 0) is 4.79 Å². The summed E-state index contributed by atoms with van der Waals surface area (Å²) in [6, 6.07) is 18.5. The van der Waals surface area contributed by atoms with Crippen LogP contribution >= 0.6 is 0 Å². The van der Waals surface area contributed by atoms with Crippen molar-refractivity contribution >= 4 is 17.3 Å². The smallest absolute Gasteiger partial charge is 0.257 e. The summed E-state index contributed by atoms with van der Waals surface area (Å²) in [6.07, 6.45) is 0.570. The summed E-state index contributed by atoms with van der Waals surface area (Å²) in [6.45, 7) is 6.99. The molecule has 0 N–H and O–H groups in total. The molecule has 5 rings (SSSR count). The lowest BCUT2D eigenvalue weighted by atomic mass is 9.94. The van der Waals surface area contributed by atoms with Crippen LogP contribution < -0.4 is 14.4 Å². The summed E-state index contributed by atoms with van der Waals surface area (Å²) in [7, 11) is 3.26. The van der Waals surface area contributed by atoms with Gasteiger partial charge in [0.1, 0.15) is 17.3 Å². The fourth-order valence-electron chi connectivity index (χ4n) is 5.41. The molecule has 8 heteroatoms. The van der Waals surface area contributed by atoms with Crippen LogP contribution in [0.25, 0.3) is 0 Å². The van der Waals surface area contributed by atoms with Gasteiger partial charge >= 0.3 is 0 Å². The van der Waals surface area contributed by atoms with Crippen LogP contribution in [-0.4, -0.2) is 68.5 Å². The maximum absolute atomic E-state index is 14.3. The maximum atomic E-state index is 14.3. The van der Waals surface area contributed by atoms with E-state index in [9.17, 15) is 9.18 Å². The lowest BCUT2D eigenvalue weighted by Crippen LogP contribution is -2.49. The number of hydrogen-bond acceptors (Lipinski definition) is 6. The summed E-state index contributed by atoms with van der Waals surface area (Å²) >= 11 is 0. The number of amides is 1. The molecule has 0 saturated carbocycles. The first kappa shape index (κ1) is 26.7. The molecule has 2 aliphatic heterocycles. The molecule has 3 aromatic rings. The summed E-state index contributed by atoms with van der Waals surface area (Å²) in [4.78, 5) is 18.0. The molecule has 2 aliphatic rings. The molecule has 1 saturated heterocycles. The van der Waals surface area contributed by atoms with E-state index in [-0.39, 0.29) is 24.3 Å². The molecule has 0 radical (unpaired) electrons. The van der Waals surface area contributed by atoms with Crippen molar-refractivity contribution in [2.24, 2.45) is 5.10 Å². The molecule has 1 fully saturated rings. The minimum atomic E-state index is -0.322. The molecule has 204 valence electrons. The molecule has 0 bridgehead atoms. The second-order valence-corrected chi connectivity index (χ2v) is 10.1. The Morgan fingerprint density at radius 2 is 1.74 bits per heavy atom. The van der Waals surface area contributed by atoms with Crippen molar-refractivity contribution in [1.29, 1.82) is 0 Å². The SMILES string of the molecule is COc1ccc(OC)c(C2CC(c3cc(C)ccc3C)=NN2C(=O)CN2CCN(c3ccccc3F)CC2)c1. The van der Waals surface area contributed by atoms with Gasteiger partial charge in [-0.3, -0.25) is 9.69 Å². The monoisotopic (exact) mass is 530 g/mol. The third kappa shape index (κ3) is 5.61. The predicted molar refractivity (Wildman–Crippen MR) is 151 cm³/mol. The first-order chi connectivity index (χ1) is 18.9. The van der Waals surface area contributed by atoms with Crippen molar-refractivity contribution < 1.29 is 18.7 Å². The van der Waals surface area contributed by atoms with Gasteiger partial charge in [0, 0.05) is 43.7 Å². The van der Waals surface area contributed by atoms with E-state index < -0.39 is 0 Å². The highest BCUT2D eigenvalue weighted by Gasteiger charge is 2.36. The number of rotatable bonds is 7. The van der Waals surface area contributed by atoms with Crippen LogP contribution in [0.2, 0.25) is 0 Å². The summed E-state index contributed by atoms with van der Waals surface area (Å²) in [5, 5.41) is 6.53. The van der Waals surface area contributed by atoms with E-state index in [0.717, 1.165) is 28.0 Å². The van der Waals surface area contributed by atoms with Gasteiger partial charge in [-0.25, -0.2) is 9.40 Å². The Balaban J connectivity index is 1.39. The minimum absolute atomic E-state index is 0.0791. The number of ether oxygens (including phenoxy) is 2. The molecule has 39 heavy (non-hydrogen) atoms. The third-order valence-corrected chi connectivity index (χ3v) is 7.59. The van der Waals surface area contributed by atoms with E-state index in [0.29, 0.717) is 49.8 Å². The average molecular weight is 531 g/mol. The Bertz CT molecular complexity index is 1380. The first-order valence-electron chi connectivity index (χ1n) is 13.3. The number of aryl methyl sites for hydroxylation is 2. The predicted octanol–water partition coefficient (Wildman–Crippen LogP) is 4.96. The van der Waals surface area contributed by atoms with Crippen molar-refractivity contribution in [3.63, 3.8) is 0 Å². The van der Waals surface area contributed by atoms with Gasteiger partial charge in [-0.2, -0.15) is 5.10 Å². The number of carbonyl (C=O) groups excluding carboxylic acids is 1. The number of anilines is 1. The fraction of sp³-hybridized carbons (Fsp3) is 0.355. The standard InChI is InChI=1S/C31H35FN4O3/c1-21-9-10-22(2)24(17-21)27-19-29(25-18-23(38-3)11-12-30(25)39-4)36(33-27)31(37)20-34-13-15-35(16-14-34)28-8-6-5-7-26(28)32/h5-12,17-18,29H,13-16,19-20H2,1-4H3. The lowest BCUT2D eigenvalue weighted by molar-refractivity contribution is -0.134. The summed E-state index contributed by atoms with van der Waals surface area (Å²) in [5.74, 6) is 1.09. The van der Waals surface area contributed by atoms with Gasteiger partial charge < -0.3 is 14.4 Å². The first-order valence-corrected chi connectivity index (χ1v) is 13.3. The number of para-hydroxylation sites is 1. The van der Waals surface area contributed by atoms with Gasteiger partial charge in [0.25, 0.3) is 5.91 Å². The Hall–Kier alpha value is -3.91. The fourth-order valence-corrected chi connectivity index (χ4v) is 5.41. The van der Waals surface area contributed by atoms with Crippen LogP contribution in [0.15, 0.2) is 65.8 Å². The largest absolute Gasteiger partial charge is 0.497 e. The van der Waals surface area contributed by atoms with Crippen LogP contribution in [0.4, 0.5) is 10.1 Å². The molecule has 1 amide bonds. The van der Waals surface area contributed by atoms with Gasteiger partial charge in [0.15, 0.2) is 0 Å². The van der Waals surface area contributed by atoms with Gasteiger partial charge in [0.2, 0.25) is 0 Å². The van der Waals surface area contributed by atoms with Gasteiger partial charge in [-0.05, 0) is 55.8 Å². The van der Waals surface area contributed by atoms with Crippen molar-refractivity contribution in [2.75, 3.05) is 51.8 Å². The van der Waals surface area contributed by atoms with Crippen LogP contribution in [0.1, 0.15) is 34.7 Å². The molecule has 2 heterocycles. The molecular weight excluding hydrogens is 495 g/mol. The van der Waals surface area contributed by atoms with E-state index in [1.165, 1.54) is 6.07 Å². The summed E-state index contributed by atoms with van der Waals surface area (Å²) < 4.78 is 25.5. The number of hydrogen-bond donors (Lipinski definition) is 0. The van der Waals surface area contributed by atoms with Crippen LogP contribution in [0, 0.1) is 19.7 Å². The zero-order valence-corrected chi connectivity index (χ0v) is 23.0. The van der Waals surface area contributed by atoms with Crippen molar-refractivity contribution in [3.8, 4) is 11.5 Å². The second kappa shape index (κ2) is 11.5. The van der Waals surface area contributed by atoms with Crippen molar-refractivity contribution in [3.05, 3.63) is 88.7 Å². The molecule has 7 nitrogen and oxygen atoms in total. The highest BCUT2D eigenvalue weighted by atomic mass is 19.1. The van der Waals surface area contributed by atoms with E-state index in [1.807, 2.05) is 29.2 Å². The number of benzene rings is 3. The zero-order chi connectivity index (χ0) is 27.5. The van der Waals surface area contributed by atoms with Crippen molar-refractivity contribution in [2.45, 2.75) is 26.3 Å². The molecule has 1 atom stereocenters. The Morgan fingerprint density at radius 1 is 0.974 bits per heavy atom. The van der Waals surface area contributed by atoms with Gasteiger partial charge in [-0.15, -0.1) is 0 Å². The lowest BCUT2D eigenvalue weighted by Gasteiger charge is -2.36. The molecule has 0 aliphatic carbocycles. The second-order valence-electron chi connectivity index (χ2n) is 10.1. The van der Waals surface area contributed by atoms with E-state index >= 15 is 0 Å². The van der Waals surface area contributed by atoms with Gasteiger partial charge in [0.05, 0.1) is 38.2 Å². The normalized spacial score (nSPS) is 17.8. The number of nitrogens with zero attached hydrogens (tertiary/aromatic N) is 4. The van der Waals surface area contributed by atoms with E-state index in [2.05, 4.69) is 36.9 Å². The Labute approximate surface area is 229 Å². The number of piperazine rings is 1. The molecule has 3 aromatic carbocycles. The van der Waals surface area contributed by atoms with Crippen LogP contribution in [0.5, 0.6) is 11.5 Å².